The van der Waals surface area contributed by atoms with Crippen LogP contribution in [-0.2, 0) is 6.42 Å². The molecule has 0 aliphatic carbocycles. The third-order valence-corrected chi connectivity index (χ3v) is 4.05. The van der Waals surface area contributed by atoms with Gasteiger partial charge >= 0.3 is 0 Å². The molecule has 0 fully saturated rings. The second-order valence-electron chi connectivity index (χ2n) is 5.43. The topological polar surface area (TPSA) is 50.8 Å². The van der Waals surface area contributed by atoms with E-state index in [1.165, 1.54) is 0 Å². The summed E-state index contributed by atoms with van der Waals surface area (Å²) in [7, 11) is 3.19. The van der Waals surface area contributed by atoms with E-state index in [2.05, 4.69) is 6.58 Å². The first-order chi connectivity index (χ1) is 11.7. The van der Waals surface area contributed by atoms with Crippen LogP contribution in [0.5, 0.6) is 17.2 Å². The van der Waals surface area contributed by atoms with Crippen molar-refractivity contribution in [2.45, 2.75) is 12.5 Å². The molecule has 24 heavy (non-hydrogen) atoms. The fraction of sp³-hybridized carbons (Fsp3) is 0.200. The van der Waals surface area contributed by atoms with Gasteiger partial charge in [0.15, 0.2) is 11.5 Å². The second-order valence-corrected chi connectivity index (χ2v) is 5.43. The van der Waals surface area contributed by atoms with E-state index in [4.69, 9.17) is 14.2 Å². The molecule has 0 saturated heterocycles. The van der Waals surface area contributed by atoms with Gasteiger partial charge in [-0.15, -0.1) is 6.58 Å². The molecule has 3 rings (SSSR count). The summed E-state index contributed by atoms with van der Waals surface area (Å²) in [5, 5.41) is 12.4. The maximum Gasteiger partial charge on any atom is 0.164 e. The van der Waals surface area contributed by atoms with E-state index < -0.39 is 6.10 Å². The van der Waals surface area contributed by atoms with Crippen molar-refractivity contribution < 1.29 is 19.3 Å². The molecule has 4 heteroatoms. The Morgan fingerprint density at radius 2 is 1.96 bits per heavy atom. The molecule has 1 heterocycles. The van der Waals surface area contributed by atoms with Gasteiger partial charge in [0, 0.05) is 16.7 Å². The van der Waals surface area contributed by atoms with Crippen molar-refractivity contribution in [3.63, 3.8) is 0 Å². The smallest absolute Gasteiger partial charge is 0.164 e. The molecule has 0 spiro atoms. The Balaban J connectivity index is 2.10. The number of fused-ring (bicyclic) bond motifs is 1. The van der Waals surface area contributed by atoms with Crippen molar-refractivity contribution >= 4 is 5.76 Å². The Bertz CT molecular complexity index is 792. The van der Waals surface area contributed by atoms with Gasteiger partial charge in [0.25, 0.3) is 0 Å². The lowest BCUT2D eigenvalue weighted by Gasteiger charge is -2.30. The van der Waals surface area contributed by atoms with E-state index in [9.17, 15) is 5.11 Å². The predicted molar refractivity (Wildman–Crippen MR) is 91.2 cm³/mol. The quantitative estimate of drug-likeness (QED) is 0.793. The minimum absolute atomic E-state index is 0.0406. The number of allylic oxidation sites excluding steroid dienone is 1. The Hall–Kier alpha value is -2.88. The molecule has 0 unspecified atom stereocenters. The van der Waals surface area contributed by atoms with Crippen molar-refractivity contribution in [2.75, 3.05) is 14.2 Å². The summed E-state index contributed by atoms with van der Waals surface area (Å²) in [6, 6.07) is 11.0. The summed E-state index contributed by atoms with van der Waals surface area (Å²) in [6.45, 7) is 3.81. The number of benzene rings is 2. The highest BCUT2D eigenvalue weighted by Gasteiger charge is 2.23. The van der Waals surface area contributed by atoms with Crippen LogP contribution >= 0.6 is 0 Å². The Kier molecular flexibility index (Phi) is 4.47. The number of ether oxygens (including phenoxy) is 3. The molecule has 124 valence electrons. The van der Waals surface area contributed by atoms with Gasteiger partial charge in [-0.3, -0.25) is 0 Å². The zero-order valence-electron chi connectivity index (χ0n) is 13.7. The normalized spacial score (nSPS) is 15.8. The molecule has 0 amide bonds. The molecule has 1 aliphatic heterocycles. The van der Waals surface area contributed by atoms with Crippen molar-refractivity contribution in [1.82, 2.24) is 0 Å². The van der Waals surface area contributed by atoms with Crippen LogP contribution in [0.3, 0.4) is 0 Å². The fourth-order valence-electron chi connectivity index (χ4n) is 2.95. The van der Waals surface area contributed by atoms with Crippen LogP contribution in [0.25, 0.3) is 5.76 Å². The van der Waals surface area contributed by atoms with E-state index >= 15 is 0 Å². The molecule has 0 radical (unpaired) electrons. The minimum atomic E-state index is -0.470. The predicted octanol–water partition coefficient (Wildman–Crippen LogP) is 3.27. The summed E-state index contributed by atoms with van der Waals surface area (Å²) in [5.41, 5.74) is 2.36. The number of hydrogen-bond donors (Lipinski definition) is 0. The molecule has 0 aromatic heterocycles. The van der Waals surface area contributed by atoms with Crippen LogP contribution in [-0.4, -0.2) is 14.2 Å². The number of rotatable bonds is 5. The van der Waals surface area contributed by atoms with Crippen LogP contribution in [0, 0.1) is 0 Å². The molecule has 0 bridgehead atoms. The van der Waals surface area contributed by atoms with Crippen molar-refractivity contribution in [3.8, 4) is 17.2 Å². The zero-order chi connectivity index (χ0) is 17.1. The second kappa shape index (κ2) is 6.71. The Morgan fingerprint density at radius 3 is 2.67 bits per heavy atom. The minimum Gasteiger partial charge on any atom is -0.872 e. The first kappa shape index (κ1) is 16.0. The first-order valence-corrected chi connectivity index (χ1v) is 7.69. The van der Waals surface area contributed by atoms with Crippen molar-refractivity contribution in [3.05, 3.63) is 71.8 Å². The summed E-state index contributed by atoms with van der Waals surface area (Å²) in [5.74, 6) is 1.83. The summed E-state index contributed by atoms with van der Waals surface area (Å²) in [4.78, 5) is 0. The number of para-hydroxylation sites is 1. The third kappa shape index (κ3) is 2.71. The largest absolute Gasteiger partial charge is 0.872 e. The standard InChI is InChI=1S/C20H20O4/c1-4-7-14-13(10-11-18(22-2)20(14)23-3)19-12-16(21)15-8-5-6-9-17(15)24-19/h4-6,8-12,19,21H,1,7H2,2-3H3/p-1/t19-/m1/s1. The Labute approximate surface area is 141 Å². The van der Waals surface area contributed by atoms with E-state index in [0.717, 1.165) is 11.1 Å². The highest BCUT2D eigenvalue weighted by Crippen LogP contribution is 2.41. The lowest BCUT2D eigenvalue weighted by atomic mass is 9.95. The highest BCUT2D eigenvalue weighted by atomic mass is 16.5. The molecule has 1 atom stereocenters. The van der Waals surface area contributed by atoms with Gasteiger partial charge in [-0.25, -0.2) is 0 Å². The van der Waals surface area contributed by atoms with Crippen molar-refractivity contribution in [2.24, 2.45) is 0 Å². The maximum atomic E-state index is 12.4. The third-order valence-electron chi connectivity index (χ3n) is 4.05. The summed E-state index contributed by atoms with van der Waals surface area (Å²) in [6.07, 6.45) is 3.50. The summed E-state index contributed by atoms with van der Waals surface area (Å²) < 4.78 is 16.9. The van der Waals surface area contributed by atoms with Gasteiger partial charge in [0.2, 0.25) is 0 Å². The first-order valence-electron chi connectivity index (χ1n) is 7.69. The van der Waals surface area contributed by atoms with Crippen molar-refractivity contribution in [1.29, 1.82) is 0 Å². The van der Waals surface area contributed by atoms with Gasteiger partial charge in [0.05, 0.1) is 14.2 Å². The number of hydrogen-bond acceptors (Lipinski definition) is 4. The van der Waals surface area contributed by atoms with Gasteiger partial charge < -0.3 is 19.3 Å². The van der Waals surface area contributed by atoms with Gasteiger partial charge in [-0.1, -0.05) is 36.1 Å². The molecular formula is C20H19O4-. The highest BCUT2D eigenvalue weighted by molar-refractivity contribution is 5.67. The van der Waals surface area contributed by atoms with E-state index in [1.807, 2.05) is 24.3 Å². The van der Waals surface area contributed by atoms with Gasteiger partial charge in [-0.2, -0.15) is 0 Å². The van der Waals surface area contributed by atoms with Crippen LogP contribution in [0.4, 0.5) is 0 Å². The fourth-order valence-corrected chi connectivity index (χ4v) is 2.95. The molecule has 0 saturated carbocycles. The van der Waals surface area contributed by atoms with E-state index in [-0.39, 0.29) is 5.76 Å². The van der Waals surface area contributed by atoms with Gasteiger partial charge in [-0.05, 0) is 24.6 Å². The van der Waals surface area contributed by atoms with Crippen LogP contribution in [0.2, 0.25) is 0 Å². The summed E-state index contributed by atoms with van der Waals surface area (Å²) >= 11 is 0. The van der Waals surface area contributed by atoms with Crippen LogP contribution in [0.1, 0.15) is 22.8 Å². The van der Waals surface area contributed by atoms with E-state index in [0.29, 0.717) is 29.2 Å². The lowest BCUT2D eigenvalue weighted by molar-refractivity contribution is -0.245. The average Bonchev–Trinajstić information content (AvgIpc) is 2.61. The number of methoxy groups -OCH3 is 2. The lowest BCUT2D eigenvalue weighted by Crippen LogP contribution is -2.18. The molecular weight excluding hydrogens is 304 g/mol. The zero-order valence-corrected chi connectivity index (χ0v) is 13.7. The molecule has 4 nitrogen and oxygen atoms in total. The van der Waals surface area contributed by atoms with Crippen LogP contribution in [0.15, 0.2) is 55.1 Å². The molecule has 1 aliphatic rings. The average molecular weight is 323 g/mol. The Morgan fingerprint density at radius 1 is 1.17 bits per heavy atom. The van der Waals surface area contributed by atoms with Gasteiger partial charge in [0.1, 0.15) is 11.9 Å². The molecule has 2 aromatic carbocycles. The van der Waals surface area contributed by atoms with E-state index in [1.54, 1.807) is 38.5 Å². The maximum absolute atomic E-state index is 12.4. The SMILES string of the molecule is C=CCc1c([C@H]2C=C([O-])c3ccccc3O2)ccc(OC)c1OC. The molecule has 0 N–H and O–H groups in total. The monoisotopic (exact) mass is 323 g/mol. The van der Waals surface area contributed by atoms with Crippen LogP contribution < -0.4 is 19.3 Å². The molecule has 2 aromatic rings.